The number of hydrogen-bond donors (Lipinski definition) is 2. The van der Waals surface area contributed by atoms with Crippen LogP contribution in [0.25, 0.3) is 0 Å². The van der Waals surface area contributed by atoms with E-state index in [2.05, 4.69) is 37.2 Å². The number of benzene rings is 1. The molecule has 5 nitrogen and oxygen atoms in total. The second-order valence-electron chi connectivity index (χ2n) is 4.60. The standard InChI is InChI=1S/C13H14Br2N2O3/c14-8-4-5-9(15)10(7-8)16-13(20)17-6-2-1-3-11(17)12(18)19/h4-5,7,11H,1-3,6H2,(H,16,20)(H,18,19). The van der Waals surface area contributed by atoms with Gasteiger partial charge in [-0.15, -0.1) is 0 Å². The van der Waals surface area contributed by atoms with Gasteiger partial charge >= 0.3 is 12.0 Å². The summed E-state index contributed by atoms with van der Waals surface area (Å²) in [4.78, 5) is 24.9. The van der Waals surface area contributed by atoms with E-state index < -0.39 is 12.0 Å². The van der Waals surface area contributed by atoms with Gasteiger partial charge in [0, 0.05) is 15.5 Å². The van der Waals surface area contributed by atoms with Crippen molar-refractivity contribution in [3.05, 3.63) is 27.1 Å². The van der Waals surface area contributed by atoms with E-state index in [0.717, 1.165) is 21.8 Å². The summed E-state index contributed by atoms with van der Waals surface area (Å²) >= 11 is 6.69. The fourth-order valence-electron chi connectivity index (χ4n) is 2.21. The van der Waals surface area contributed by atoms with E-state index in [1.165, 1.54) is 4.90 Å². The predicted octanol–water partition coefficient (Wildman–Crippen LogP) is 3.68. The topological polar surface area (TPSA) is 69.6 Å². The Bertz CT molecular complexity index is 536. The van der Waals surface area contributed by atoms with Gasteiger partial charge in [-0.2, -0.15) is 0 Å². The molecule has 0 aromatic heterocycles. The van der Waals surface area contributed by atoms with Crippen LogP contribution in [0.4, 0.5) is 10.5 Å². The number of carboxylic acids is 1. The number of carboxylic acid groups (broad SMARTS) is 1. The number of hydrogen-bond acceptors (Lipinski definition) is 2. The second kappa shape index (κ2) is 6.58. The highest BCUT2D eigenvalue weighted by Crippen LogP contribution is 2.27. The van der Waals surface area contributed by atoms with Crippen molar-refractivity contribution in [2.24, 2.45) is 0 Å². The van der Waals surface area contributed by atoms with Crippen LogP contribution in [0.1, 0.15) is 19.3 Å². The van der Waals surface area contributed by atoms with Crippen molar-refractivity contribution in [1.82, 2.24) is 4.90 Å². The number of rotatable bonds is 2. The Labute approximate surface area is 133 Å². The van der Waals surface area contributed by atoms with Crippen LogP contribution in [-0.2, 0) is 4.79 Å². The number of halogens is 2. The molecule has 1 aromatic rings. The molecule has 1 heterocycles. The molecule has 1 unspecified atom stereocenters. The lowest BCUT2D eigenvalue weighted by molar-refractivity contribution is -0.143. The zero-order chi connectivity index (χ0) is 14.7. The number of likely N-dealkylation sites (tertiary alicyclic amines) is 1. The van der Waals surface area contributed by atoms with Crippen LogP contribution in [-0.4, -0.2) is 34.6 Å². The van der Waals surface area contributed by atoms with Crippen molar-refractivity contribution >= 4 is 49.5 Å². The third-order valence-electron chi connectivity index (χ3n) is 3.22. The number of anilines is 1. The molecule has 0 aliphatic carbocycles. The van der Waals surface area contributed by atoms with E-state index in [-0.39, 0.29) is 6.03 Å². The minimum atomic E-state index is -0.951. The van der Waals surface area contributed by atoms with Crippen LogP contribution in [0, 0.1) is 0 Å². The van der Waals surface area contributed by atoms with Gasteiger partial charge in [-0.1, -0.05) is 15.9 Å². The minimum Gasteiger partial charge on any atom is -0.480 e. The second-order valence-corrected chi connectivity index (χ2v) is 6.37. The van der Waals surface area contributed by atoms with Gasteiger partial charge < -0.3 is 15.3 Å². The van der Waals surface area contributed by atoms with E-state index in [4.69, 9.17) is 0 Å². The number of nitrogens with zero attached hydrogens (tertiary/aromatic N) is 1. The van der Waals surface area contributed by atoms with Gasteiger partial charge in [0.25, 0.3) is 0 Å². The van der Waals surface area contributed by atoms with Crippen molar-refractivity contribution in [3.8, 4) is 0 Å². The molecule has 0 bridgehead atoms. The Kier molecular flexibility index (Phi) is 5.04. The lowest BCUT2D eigenvalue weighted by Gasteiger charge is -2.33. The Morgan fingerprint density at radius 1 is 1.30 bits per heavy atom. The molecule has 1 aliphatic rings. The number of carbonyl (C=O) groups excluding carboxylic acids is 1. The van der Waals surface area contributed by atoms with Crippen LogP contribution < -0.4 is 5.32 Å². The predicted molar refractivity (Wildman–Crippen MR) is 82.8 cm³/mol. The molecule has 2 amide bonds. The Hall–Kier alpha value is -1.08. The molecule has 1 fully saturated rings. The van der Waals surface area contributed by atoms with E-state index in [1.807, 2.05) is 12.1 Å². The van der Waals surface area contributed by atoms with Crippen LogP contribution in [0.2, 0.25) is 0 Å². The summed E-state index contributed by atoms with van der Waals surface area (Å²) in [5.74, 6) is -0.951. The summed E-state index contributed by atoms with van der Waals surface area (Å²) in [6.45, 7) is 0.467. The summed E-state index contributed by atoms with van der Waals surface area (Å²) in [6, 6.07) is 4.30. The molecule has 1 aliphatic heterocycles. The maximum atomic E-state index is 12.3. The summed E-state index contributed by atoms with van der Waals surface area (Å²) in [7, 11) is 0. The third-order valence-corrected chi connectivity index (χ3v) is 4.40. The van der Waals surface area contributed by atoms with Crippen LogP contribution >= 0.6 is 31.9 Å². The third kappa shape index (κ3) is 3.52. The molecule has 0 saturated carbocycles. The molecule has 1 atom stereocenters. The maximum Gasteiger partial charge on any atom is 0.326 e. The first kappa shape index (κ1) is 15.3. The van der Waals surface area contributed by atoms with Gasteiger partial charge in [0.2, 0.25) is 0 Å². The summed E-state index contributed by atoms with van der Waals surface area (Å²) < 4.78 is 1.59. The Morgan fingerprint density at radius 3 is 2.75 bits per heavy atom. The van der Waals surface area contributed by atoms with Crippen molar-refractivity contribution in [3.63, 3.8) is 0 Å². The molecule has 1 aromatic carbocycles. The zero-order valence-corrected chi connectivity index (χ0v) is 13.8. The zero-order valence-electron chi connectivity index (χ0n) is 10.6. The first-order valence-electron chi connectivity index (χ1n) is 6.24. The fourth-order valence-corrected chi connectivity index (χ4v) is 2.92. The van der Waals surface area contributed by atoms with E-state index >= 15 is 0 Å². The number of urea groups is 1. The van der Waals surface area contributed by atoms with Gasteiger partial charge in [0.15, 0.2) is 0 Å². The minimum absolute atomic E-state index is 0.379. The average molecular weight is 406 g/mol. The first-order valence-corrected chi connectivity index (χ1v) is 7.83. The van der Waals surface area contributed by atoms with Crippen molar-refractivity contribution in [2.45, 2.75) is 25.3 Å². The quantitative estimate of drug-likeness (QED) is 0.788. The molecule has 2 rings (SSSR count). The van der Waals surface area contributed by atoms with Gasteiger partial charge in [-0.25, -0.2) is 9.59 Å². The van der Waals surface area contributed by atoms with Crippen LogP contribution in [0.15, 0.2) is 27.1 Å². The van der Waals surface area contributed by atoms with E-state index in [9.17, 15) is 14.7 Å². The molecule has 0 spiro atoms. The fraction of sp³-hybridized carbons (Fsp3) is 0.385. The van der Waals surface area contributed by atoms with E-state index in [0.29, 0.717) is 18.7 Å². The number of carbonyl (C=O) groups is 2. The highest BCUT2D eigenvalue weighted by Gasteiger charge is 2.32. The lowest BCUT2D eigenvalue weighted by Crippen LogP contribution is -2.49. The highest BCUT2D eigenvalue weighted by molar-refractivity contribution is 9.11. The first-order chi connectivity index (χ1) is 9.49. The number of amides is 2. The molecule has 0 radical (unpaired) electrons. The normalized spacial score (nSPS) is 18.7. The van der Waals surface area contributed by atoms with Crippen molar-refractivity contribution in [1.29, 1.82) is 0 Å². The molecular formula is C13H14Br2N2O3. The highest BCUT2D eigenvalue weighted by atomic mass is 79.9. The van der Waals surface area contributed by atoms with Gasteiger partial charge in [-0.05, 0) is 53.4 Å². The maximum absolute atomic E-state index is 12.3. The monoisotopic (exact) mass is 404 g/mol. The van der Waals surface area contributed by atoms with Gasteiger partial charge in [0.1, 0.15) is 6.04 Å². The summed E-state index contributed by atoms with van der Waals surface area (Å²) in [5.41, 5.74) is 0.610. The Morgan fingerprint density at radius 2 is 2.05 bits per heavy atom. The molecular weight excluding hydrogens is 392 g/mol. The molecule has 20 heavy (non-hydrogen) atoms. The summed E-state index contributed by atoms with van der Waals surface area (Å²) in [6.07, 6.45) is 2.17. The number of aliphatic carboxylic acids is 1. The molecule has 2 N–H and O–H groups in total. The summed E-state index contributed by atoms with van der Waals surface area (Å²) in [5, 5.41) is 11.9. The van der Waals surface area contributed by atoms with Gasteiger partial charge in [0.05, 0.1) is 5.69 Å². The van der Waals surface area contributed by atoms with Crippen LogP contribution in [0.5, 0.6) is 0 Å². The van der Waals surface area contributed by atoms with Crippen molar-refractivity contribution in [2.75, 3.05) is 11.9 Å². The largest absolute Gasteiger partial charge is 0.480 e. The Balaban J connectivity index is 2.14. The number of nitrogens with one attached hydrogen (secondary N) is 1. The van der Waals surface area contributed by atoms with Crippen LogP contribution in [0.3, 0.4) is 0 Å². The smallest absolute Gasteiger partial charge is 0.326 e. The molecule has 7 heteroatoms. The lowest BCUT2D eigenvalue weighted by atomic mass is 10.0. The van der Waals surface area contributed by atoms with Gasteiger partial charge in [-0.3, -0.25) is 0 Å². The molecule has 1 saturated heterocycles. The SMILES string of the molecule is O=C(O)C1CCCCN1C(=O)Nc1cc(Br)ccc1Br. The number of piperidine rings is 1. The van der Waals surface area contributed by atoms with Crippen molar-refractivity contribution < 1.29 is 14.7 Å². The molecule has 108 valence electrons. The van der Waals surface area contributed by atoms with E-state index in [1.54, 1.807) is 6.07 Å². The average Bonchev–Trinajstić information content (AvgIpc) is 2.42.